The van der Waals surface area contributed by atoms with Gasteiger partial charge in [0, 0.05) is 11.9 Å². The molecule has 1 aliphatic heterocycles. The molecule has 162 valence electrons. The van der Waals surface area contributed by atoms with Gasteiger partial charge in [0.2, 0.25) is 0 Å². The molecule has 1 aliphatic rings. The predicted molar refractivity (Wildman–Crippen MR) is 120 cm³/mol. The number of aryl methyl sites for hydroxylation is 1. The lowest BCUT2D eigenvalue weighted by Gasteiger charge is -2.25. The van der Waals surface area contributed by atoms with Gasteiger partial charge in [0.1, 0.15) is 28.9 Å². The van der Waals surface area contributed by atoms with Crippen LogP contribution in [0.15, 0.2) is 72.4 Å². The number of pyridine rings is 1. The van der Waals surface area contributed by atoms with E-state index in [1.54, 1.807) is 54.7 Å². The highest BCUT2D eigenvalue weighted by molar-refractivity contribution is 6.51. The van der Waals surface area contributed by atoms with Crippen molar-refractivity contribution in [1.82, 2.24) is 4.98 Å². The molecule has 2 heterocycles. The summed E-state index contributed by atoms with van der Waals surface area (Å²) in [5.74, 6) is -1.33. The molecule has 0 aliphatic carbocycles. The molecular formula is C25H22N2O5. The number of carbonyl (C=O) groups is 2. The largest absolute Gasteiger partial charge is 0.506 e. The maximum Gasteiger partial charge on any atom is 0.300 e. The minimum Gasteiger partial charge on any atom is -0.506 e. The third kappa shape index (κ3) is 3.47. The molecule has 1 fully saturated rings. The van der Waals surface area contributed by atoms with E-state index in [1.807, 2.05) is 19.1 Å². The highest BCUT2D eigenvalue weighted by Gasteiger charge is 2.48. The first-order valence-corrected chi connectivity index (χ1v) is 9.98. The first kappa shape index (κ1) is 21.1. The van der Waals surface area contributed by atoms with Gasteiger partial charge < -0.3 is 14.6 Å². The maximum absolute atomic E-state index is 13.2. The van der Waals surface area contributed by atoms with Crippen LogP contribution in [0.3, 0.4) is 0 Å². The van der Waals surface area contributed by atoms with Crippen LogP contribution < -0.4 is 14.4 Å². The molecule has 32 heavy (non-hydrogen) atoms. The van der Waals surface area contributed by atoms with Gasteiger partial charge in [-0.2, -0.15) is 0 Å². The standard InChI is InChI=1S/C25H22N2O5/c1-15-10-12-16(13-11-15)27-22(17-7-4-5-14-26-17)21(24(29)25(27)30)23(28)20-18(31-2)8-6-9-19(20)32-3/h4-14,22,28H,1-3H3/b23-21+. The lowest BCUT2D eigenvalue weighted by atomic mass is 9.97. The van der Waals surface area contributed by atoms with Crippen molar-refractivity contribution >= 4 is 23.1 Å². The molecule has 1 aromatic heterocycles. The average molecular weight is 430 g/mol. The van der Waals surface area contributed by atoms with Gasteiger partial charge in [-0.1, -0.05) is 29.8 Å². The number of methoxy groups -OCH3 is 2. The van der Waals surface area contributed by atoms with Crippen LogP contribution in [0.2, 0.25) is 0 Å². The number of anilines is 1. The molecule has 4 rings (SSSR count). The molecule has 1 unspecified atom stereocenters. The van der Waals surface area contributed by atoms with Gasteiger partial charge in [0.05, 0.1) is 25.5 Å². The van der Waals surface area contributed by atoms with Crippen molar-refractivity contribution in [2.24, 2.45) is 0 Å². The van der Waals surface area contributed by atoms with Gasteiger partial charge in [-0.25, -0.2) is 0 Å². The molecule has 1 atom stereocenters. The number of ether oxygens (including phenoxy) is 2. The van der Waals surface area contributed by atoms with Gasteiger partial charge in [0.15, 0.2) is 0 Å². The van der Waals surface area contributed by atoms with E-state index in [9.17, 15) is 14.7 Å². The van der Waals surface area contributed by atoms with Crippen molar-refractivity contribution in [3.63, 3.8) is 0 Å². The van der Waals surface area contributed by atoms with E-state index in [-0.39, 0.29) is 16.9 Å². The van der Waals surface area contributed by atoms with Crippen LogP contribution in [0.1, 0.15) is 22.9 Å². The highest BCUT2D eigenvalue weighted by atomic mass is 16.5. The normalized spacial score (nSPS) is 17.5. The Bertz CT molecular complexity index is 1180. The van der Waals surface area contributed by atoms with E-state index in [0.717, 1.165) is 5.56 Å². The van der Waals surface area contributed by atoms with Crippen molar-refractivity contribution < 1.29 is 24.2 Å². The number of Topliss-reactive ketones (excluding diaryl/α,β-unsaturated/α-hetero) is 1. The summed E-state index contributed by atoms with van der Waals surface area (Å²) in [5.41, 5.74) is 2.10. The van der Waals surface area contributed by atoms with Crippen LogP contribution in [-0.2, 0) is 9.59 Å². The Kier molecular flexibility index (Phi) is 5.64. The summed E-state index contributed by atoms with van der Waals surface area (Å²) in [6.07, 6.45) is 1.58. The van der Waals surface area contributed by atoms with Crippen LogP contribution in [0, 0.1) is 6.92 Å². The van der Waals surface area contributed by atoms with Crippen LogP contribution in [0.25, 0.3) is 5.76 Å². The Hall–Kier alpha value is -4.13. The number of rotatable bonds is 5. The Morgan fingerprint density at radius 2 is 1.59 bits per heavy atom. The summed E-state index contributed by atoms with van der Waals surface area (Å²) in [6.45, 7) is 1.93. The molecular weight excluding hydrogens is 408 g/mol. The first-order chi connectivity index (χ1) is 15.5. The van der Waals surface area contributed by atoms with Crippen molar-refractivity contribution in [2.45, 2.75) is 13.0 Å². The Morgan fingerprint density at radius 1 is 0.938 bits per heavy atom. The summed E-state index contributed by atoms with van der Waals surface area (Å²) >= 11 is 0. The number of amides is 1. The number of nitrogens with zero attached hydrogens (tertiary/aromatic N) is 2. The lowest BCUT2D eigenvalue weighted by Crippen LogP contribution is -2.29. The summed E-state index contributed by atoms with van der Waals surface area (Å²) in [6, 6.07) is 16.5. The second-order valence-electron chi connectivity index (χ2n) is 7.30. The van der Waals surface area contributed by atoms with Gasteiger partial charge in [-0.05, 0) is 43.3 Å². The molecule has 2 aromatic carbocycles. The van der Waals surface area contributed by atoms with Crippen LogP contribution in [0.5, 0.6) is 11.5 Å². The minimum atomic E-state index is -0.923. The number of benzene rings is 2. The van der Waals surface area contributed by atoms with Crippen molar-refractivity contribution in [3.8, 4) is 11.5 Å². The number of carbonyl (C=O) groups excluding carboxylic acids is 2. The minimum absolute atomic E-state index is 0.0860. The monoisotopic (exact) mass is 430 g/mol. The SMILES string of the molecule is COc1cccc(OC)c1/C(O)=C1\C(=O)C(=O)N(c2ccc(C)cc2)C1c1ccccn1. The fourth-order valence-electron chi connectivity index (χ4n) is 3.84. The van der Waals surface area contributed by atoms with E-state index < -0.39 is 17.7 Å². The molecule has 1 saturated heterocycles. The number of hydrogen-bond donors (Lipinski definition) is 1. The summed E-state index contributed by atoms with van der Waals surface area (Å²) in [7, 11) is 2.90. The maximum atomic E-state index is 13.2. The van der Waals surface area contributed by atoms with E-state index in [1.165, 1.54) is 19.1 Å². The third-order valence-corrected chi connectivity index (χ3v) is 5.39. The number of aliphatic hydroxyl groups excluding tert-OH is 1. The highest BCUT2D eigenvalue weighted by Crippen LogP contribution is 2.44. The number of aromatic nitrogens is 1. The summed E-state index contributed by atoms with van der Waals surface area (Å²) < 4.78 is 10.8. The Balaban J connectivity index is 2.00. The zero-order chi connectivity index (χ0) is 22.8. The van der Waals surface area contributed by atoms with Gasteiger partial charge >= 0.3 is 0 Å². The van der Waals surface area contributed by atoms with Crippen LogP contribution >= 0.6 is 0 Å². The smallest absolute Gasteiger partial charge is 0.300 e. The van der Waals surface area contributed by atoms with Crippen molar-refractivity contribution in [2.75, 3.05) is 19.1 Å². The zero-order valence-corrected chi connectivity index (χ0v) is 17.9. The fourth-order valence-corrected chi connectivity index (χ4v) is 3.84. The van der Waals surface area contributed by atoms with Gasteiger partial charge in [-0.15, -0.1) is 0 Å². The lowest BCUT2D eigenvalue weighted by molar-refractivity contribution is -0.132. The average Bonchev–Trinajstić information content (AvgIpc) is 3.09. The molecule has 3 aromatic rings. The number of hydrogen-bond acceptors (Lipinski definition) is 6. The molecule has 1 N–H and O–H groups in total. The van der Waals surface area contributed by atoms with Gasteiger partial charge in [-0.3, -0.25) is 19.5 Å². The Morgan fingerprint density at radius 3 is 2.16 bits per heavy atom. The molecule has 0 saturated carbocycles. The van der Waals surface area contributed by atoms with E-state index >= 15 is 0 Å². The summed E-state index contributed by atoms with van der Waals surface area (Å²) in [5, 5.41) is 11.4. The molecule has 7 heteroatoms. The predicted octanol–water partition coefficient (Wildman–Crippen LogP) is 4.03. The molecule has 0 spiro atoms. The molecule has 0 bridgehead atoms. The number of aliphatic hydroxyl groups is 1. The van der Waals surface area contributed by atoms with E-state index in [2.05, 4.69) is 4.98 Å². The van der Waals surface area contributed by atoms with Crippen LogP contribution in [0.4, 0.5) is 5.69 Å². The van der Waals surface area contributed by atoms with Crippen molar-refractivity contribution in [1.29, 1.82) is 0 Å². The van der Waals surface area contributed by atoms with Crippen molar-refractivity contribution in [3.05, 3.63) is 89.3 Å². The first-order valence-electron chi connectivity index (χ1n) is 9.98. The van der Waals surface area contributed by atoms with Crippen LogP contribution in [-0.4, -0.2) is 36.0 Å². The molecule has 7 nitrogen and oxygen atoms in total. The van der Waals surface area contributed by atoms with E-state index in [4.69, 9.17) is 9.47 Å². The van der Waals surface area contributed by atoms with Gasteiger partial charge in [0.25, 0.3) is 11.7 Å². The number of ketones is 1. The fraction of sp³-hybridized carbons (Fsp3) is 0.160. The Labute approximate surface area is 185 Å². The zero-order valence-electron chi connectivity index (χ0n) is 17.9. The second-order valence-corrected chi connectivity index (χ2v) is 7.30. The second kappa shape index (κ2) is 8.55. The molecule has 1 amide bonds. The third-order valence-electron chi connectivity index (χ3n) is 5.39. The summed E-state index contributed by atoms with van der Waals surface area (Å²) in [4.78, 5) is 32.1. The van der Waals surface area contributed by atoms with E-state index in [0.29, 0.717) is 22.9 Å². The topological polar surface area (TPSA) is 89.0 Å². The molecule has 0 radical (unpaired) electrons. The quantitative estimate of drug-likeness (QED) is 0.373.